The van der Waals surface area contributed by atoms with Crippen molar-refractivity contribution in [3.05, 3.63) is 53.6 Å². The highest BCUT2D eigenvalue weighted by Crippen LogP contribution is 2.32. The summed E-state index contributed by atoms with van der Waals surface area (Å²) < 4.78 is 17.7. The number of rotatable bonds is 13. The van der Waals surface area contributed by atoms with Gasteiger partial charge in [0.1, 0.15) is 28.5 Å². The second kappa shape index (κ2) is 12.0. The third kappa shape index (κ3) is 8.64. The molecule has 5 nitrogen and oxygen atoms in total. The summed E-state index contributed by atoms with van der Waals surface area (Å²) in [7, 11) is 1.61. The molecule has 5 heteroatoms. The van der Waals surface area contributed by atoms with Crippen molar-refractivity contribution in [1.82, 2.24) is 5.32 Å². The van der Waals surface area contributed by atoms with E-state index in [-0.39, 0.29) is 17.1 Å². The number of unbranched alkanes of at least 4 members (excludes halogenated alkanes) is 1. The van der Waals surface area contributed by atoms with Crippen LogP contribution in [-0.2, 0) is 6.42 Å². The molecule has 1 N–H and O–H groups in total. The fraction of sp³-hybridized carbons (Fsp3) is 0.536. The highest BCUT2D eigenvalue weighted by atomic mass is 16.5. The predicted molar refractivity (Wildman–Crippen MR) is 135 cm³/mol. The molecule has 0 spiro atoms. The molecule has 0 unspecified atom stereocenters. The summed E-state index contributed by atoms with van der Waals surface area (Å²) in [6.07, 6.45) is 4.56. The molecule has 0 aliphatic carbocycles. The molecule has 0 aliphatic rings. The molecule has 182 valence electrons. The first-order valence-corrected chi connectivity index (χ1v) is 12.0. The summed E-state index contributed by atoms with van der Waals surface area (Å²) in [5, 5.41) is 2.99. The highest BCUT2D eigenvalue weighted by Gasteiger charge is 2.21. The Morgan fingerprint density at radius 3 is 2.06 bits per heavy atom. The minimum Gasteiger partial charge on any atom is -0.497 e. The second-order valence-electron chi connectivity index (χ2n) is 9.64. The van der Waals surface area contributed by atoms with Gasteiger partial charge in [-0.2, -0.15) is 0 Å². The Kier molecular flexibility index (Phi) is 9.63. The molecule has 33 heavy (non-hydrogen) atoms. The first kappa shape index (κ1) is 26.6. The van der Waals surface area contributed by atoms with Gasteiger partial charge in [-0.1, -0.05) is 19.9 Å². The number of carbonyl (C=O) groups is 1. The van der Waals surface area contributed by atoms with Crippen molar-refractivity contribution in [2.75, 3.05) is 13.7 Å². The van der Waals surface area contributed by atoms with Gasteiger partial charge in [0.2, 0.25) is 0 Å². The quantitative estimate of drug-likeness (QED) is 0.347. The van der Waals surface area contributed by atoms with Gasteiger partial charge in [-0.05, 0) is 95.7 Å². The maximum atomic E-state index is 12.3. The number of methoxy groups -OCH3 is 1. The van der Waals surface area contributed by atoms with Crippen LogP contribution in [0.25, 0.3) is 0 Å². The molecule has 2 aromatic rings. The number of nitrogens with one attached hydrogen (secondary N) is 1. The predicted octanol–water partition coefficient (Wildman–Crippen LogP) is 6.58. The molecule has 0 atom stereocenters. The lowest BCUT2D eigenvalue weighted by molar-refractivity contribution is 0.0941. The van der Waals surface area contributed by atoms with Crippen molar-refractivity contribution in [1.29, 1.82) is 0 Å². The number of benzene rings is 2. The molecular formula is C28H41NO4. The lowest BCUT2D eigenvalue weighted by atomic mass is 10.0. The van der Waals surface area contributed by atoms with E-state index < -0.39 is 0 Å². The molecule has 1 amide bonds. The lowest BCUT2D eigenvalue weighted by Crippen LogP contribution is -2.28. The Hall–Kier alpha value is -2.69. The van der Waals surface area contributed by atoms with Gasteiger partial charge >= 0.3 is 0 Å². The van der Waals surface area contributed by atoms with Crippen LogP contribution in [0.2, 0.25) is 0 Å². The van der Waals surface area contributed by atoms with Gasteiger partial charge in [0, 0.05) is 18.2 Å². The van der Waals surface area contributed by atoms with Crippen LogP contribution in [-0.4, -0.2) is 30.8 Å². The zero-order chi connectivity index (χ0) is 24.5. The Bertz CT molecular complexity index is 887. The molecule has 0 aliphatic heterocycles. The molecule has 0 saturated heterocycles. The van der Waals surface area contributed by atoms with Gasteiger partial charge in [-0.25, -0.2) is 0 Å². The van der Waals surface area contributed by atoms with E-state index in [1.807, 2.05) is 12.1 Å². The average molecular weight is 456 g/mol. The molecule has 2 aromatic carbocycles. The number of ether oxygens (including phenoxy) is 3. The van der Waals surface area contributed by atoms with Crippen LogP contribution in [0.3, 0.4) is 0 Å². The number of carbonyl (C=O) groups excluding carboxylic acids is 1. The van der Waals surface area contributed by atoms with Gasteiger partial charge in [-0.15, -0.1) is 0 Å². The Labute approximate surface area is 199 Å². The fourth-order valence-corrected chi connectivity index (χ4v) is 3.15. The Balaban J connectivity index is 1.95. The van der Waals surface area contributed by atoms with E-state index in [1.54, 1.807) is 31.4 Å². The zero-order valence-electron chi connectivity index (χ0n) is 21.4. The van der Waals surface area contributed by atoms with Crippen LogP contribution >= 0.6 is 0 Å². The molecule has 0 bridgehead atoms. The Morgan fingerprint density at radius 2 is 1.45 bits per heavy atom. The molecule has 0 radical (unpaired) electrons. The number of hydrogen-bond acceptors (Lipinski definition) is 4. The SMILES string of the molecule is CCC(C)(C)Oc1ccc(CCCCNC(=O)c2ccc(OC)cc2)c(OC(C)(C)CC)c1. The second-order valence-corrected chi connectivity index (χ2v) is 9.64. The van der Waals surface area contributed by atoms with E-state index in [0.29, 0.717) is 12.1 Å². The van der Waals surface area contributed by atoms with Crippen LogP contribution in [0.5, 0.6) is 17.2 Å². The van der Waals surface area contributed by atoms with Crippen molar-refractivity contribution in [2.24, 2.45) is 0 Å². The van der Waals surface area contributed by atoms with E-state index in [2.05, 4.69) is 52.9 Å². The highest BCUT2D eigenvalue weighted by molar-refractivity contribution is 5.94. The van der Waals surface area contributed by atoms with E-state index in [1.165, 1.54) is 5.56 Å². The van der Waals surface area contributed by atoms with Crippen LogP contribution < -0.4 is 19.5 Å². The lowest BCUT2D eigenvalue weighted by Gasteiger charge is -2.29. The van der Waals surface area contributed by atoms with E-state index >= 15 is 0 Å². The van der Waals surface area contributed by atoms with Gasteiger partial charge in [0.15, 0.2) is 0 Å². The third-order valence-electron chi connectivity index (χ3n) is 6.03. The first-order chi connectivity index (χ1) is 15.6. The summed E-state index contributed by atoms with van der Waals surface area (Å²) in [5.74, 6) is 2.39. The minimum absolute atomic E-state index is 0.0635. The maximum absolute atomic E-state index is 12.3. The monoisotopic (exact) mass is 455 g/mol. The number of aryl methyl sites for hydroxylation is 1. The van der Waals surface area contributed by atoms with Gasteiger partial charge in [0.05, 0.1) is 7.11 Å². The maximum Gasteiger partial charge on any atom is 0.251 e. The van der Waals surface area contributed by atoms with Crippen molar-refractivity contribution >= 4 is 5.91 Å². The van der Waals surface area contributed by atoms with Crippen LogP contribution in [0, 0.1) is 0 Å². The normalized spacial score (nSPS) is 11.7. The van der Waals surface area contributed by atoms with Crippen molar-refractivity contribution in [3.8, 4) is 17.2 Å². The van der Waals surface area contributed by atoms with Crippen molar-refractivity contribution < 1.29 is 19.0 Å². The first-order valence-electron chi connectivity index (χ1n) is 12.0. The van der Waals surface area contributed by atoms with Crippen LogP contribution in [0.4, 0.5) is 0 Å². The molecular weight excluding hydrogens is 414 g/mol. The standard InChI is InChI=1S/C28H41NO4/c1-8-27(3,4)32-24-18-13-21(25(20-24)33-28(5,6)9-2)12-10-11-19-29-26(30)22-14-16-23(31-7)17-15-22/h13-18,20H,8-12,19H2,1-7H3,(H,29,30). The van der Waals surface area contributed by atoms with Crippen molar-refractivity contribution in [3.63, 3.8) is 0 Å². The van der Waals surface area contributed by atoms with E-state index in [9.17, 15) is 4.79 Å². The summed E-state index contributed by atoms with van der Waals surface area (Å²) in [4.78, 5) is 12.3. The summed E-state index contributed by atoms with van der Waals surface area (Å²) in [6.45, 7) is 13.3. The van der Waals surface area contributed by atoms with Gasteiger partial charge < -0.3 is 19.5 Å². The Morgan fingerprint density at radius 1 is 0.848 bits per heavy atom. The molecule has 0 heterocycles. The topological polar surface area (TPSA) is 56.8 Å². The number of hydrogen-bond donors (Lipinski definition) is 1. The van der Waals surface area contributed by atoms with Crippen LogP contribution in [0.1, 0.15) is 83.1 Å². The smallest absolute Gasteiger partial charge is 0.251 e. The van der Waals surface area contributed by atoms with E-state index in [4.69, 9.17) is 14.2 Å². The van der Waals surface area contributed by atoms with Gasteiger partial charge in [0.25, 0.3) is 5.91 Å². The average Bonchev–Trinajstić information content (AvgIpc) is 2.79. The fourth-order valence-electron chi connectivity index (χ4n) is 3.15. The summed E-state index contributed by atoms with van der Waals surface area (Å²) >= 11 is 0. The van der Waals surface area contributed by atoms with Crippen LogP contribution in [0.15, 0.2) is 42.5 Å². The van der Waals surface area contributed by atoms with Crippen molar-refractivity contribution in [2.45, 2.75) is 84.8 Å². The largest absolute Gasteiger partial charge is 0.497 e. The molecule has 0 saturated carbocycles. The summed E-state index contributed by atoms with van der Waals surface area (Å²) in [5.41, 5.74) is 1.33. The summed E-state index contributed by atoms with van der Waals surface area (Å²) in [6, 6.07) is 13.3. The van der Waals surface area contributed by atoms with E-state index in [0.717, 1.165) is 49.4 Å². The van der Waals surface area contributed by atoms with Gasteiger partial charge in [-0.3, -0.25) is 4.79 Å². The molecule has 0 aromatic heterocycles. The molecule has 0 fully saturated rings. The minimum atomic E-state index is -0.250. The molecule has 2 rings (SSSR count). The zero-order valence-corrected chi connectivity index (χ0v) is 21.4. The third-order valence-corrected chi connectivity index (χ3v) is 6.03. The number of amides is 1.